The van der Waals surface area contributed by atoms with E-state index in [1.807, 2.05) is 0 Å². The third-order valence-electron chi connectivity index (χ3n) is 3.43. The second-order valence-corrected chi connectivity index (χ2v) is 6.56. The predicted octanol–water partition coefficient (Wildman–Crippen LogP) is 2.62. The molecule has 0 bridgehead atoms. The van der Waals surface area contributed by atoms with Gasteiger partial charge in [0.1, 0.15) is 5.75 Å². The summed E-state index contributed by atoms with van der Waals surface area (Å²) in [5, 5.41) is 2.66. The SMILES string of the molecule is COc1ccc(NC(=O)[C@H](C)OC(=O)c2ccccc2[S@](C)=O)cc1. The molecule has 0 saturated heterocycles. The number of anilines is 1. The molecular formula is C18H19NO5S. The molecule has 1 amide bonds. The Hall–Kier alpha value is -2.67. The van der Waals surface area contributed by atoms with Crippen LogP contribution in [0.25, 0.3) is 0 Å². The molecule has 0 radical (unpaired) electrons. The van der Waals surface area contributed by atoms with Crippen molar-refractivity contribution in [1.82, 2.24) is 0 Å². The smallest absolute Gasteiger partial charge is 0.340 e. The van der Waals surface area contributed by atoms with Gasteiger partial charge in [-0.05, 0) is 43.3 Å². The number of nitrogens with one attached hydrogen (secondary N) is 1. The van der Waals surface area contributed by atoms with Gasteiger partial charge in [0.15, 0.2) is 6.10 Å². The molecule has 2 rings (SSSR count). The van der Waals surface area contributed by atoms with Gasteiger partial charge in [-0.25, -0.2) is 4.79 Å². The van der Waals surface area contributed by atoms with Crippen LogP contribution in [-0.2, 0) is 20.3 Å². The molecule has 0 aromatic heterocycles. The number of rotatable bonds is 6. The highest BCUT2D eigenvalue weighted by atomic mass is 32.2. The van der Waals surface area contributed by atoms with Crippen LogP contribution in [0.15, 0.2) is 53.4 Å². The summed E-state index contributed by atoms with van der Waals surface area (Å²) in [5.74, 6) is -0.488. The molecule has 25 heavy (non-hydrogen) atoms. The molecule has 0 aliphatic heterocycles. The van der Waals surface area contributed by atoms with Crippen molar-refractivity contribution in [1.29, 1.82) is 0 Å². The maximum absolute atomic E-state index is 12.3. The molecule has 0 spiro atoms. The Morgan fingerprint density at radius 3 is 2.32 bits per heavy atom. The fraction of sp³-hybridized carbons (Fsp3) is 0.222. The van der Waals surface area contributed by atoms with Gasteiger partial charge in [0.25, 0.3) is 5.91 Å². The zero-order chi connectivity index (χ0) is 18.4. The Morgan fingerprint density at radius 1 is 1.08 bits per heavy atom. The quantitative estimate of drug-likeness (QED) is 0.800. The van der Waals surface area contributed by atoms with Crippen LogP contribution >= 0.6 is 0 Å². The van der Waals surface area contributed by atoms with Crippen LogP contribution in [0, 0.1) is 0 Å². The lowest BCUT2D eigenvalue weighted by Gasteiger charge is -2.14. The van der Waals surface area contributed by atoms with E-state index in [0.717, 1.165) is 0 Å². The molecule has 0 fully saturated rings. The molecule has 0 heterocycles. The van der Waals surface area contributed by atoms with Gasteiger partial charge in [-0.2, -0.15) is 0 Å². The molecule has 0 unspecified atom stereocenters. The molecule has 7 heteroatoms. The third kappa shape index (κ3) is 4.90. The minimum atomic E-state index is -1.33. The lowest BCUT2D eigenvalue weighted by molar-refractivity contribution is -0.123. The maximum Gasteiger partial charge on any atom is 0.340 e. The van der Waals surface area contributed by atoms with Crippen LogP contribution in [0.5, 0.6) is 5.75 Å². The van der Waals surface area contributed by atoms with Gasteiger partial charge in [0, 0.05) is 11.9 Å². The first kappa shape index (κ1) is 18.7. The van der Waals surface area contributed by atoms with E-state index < -0.39 is 28.8 Å². The summed E-state index contributed by atoms with van der Waals surface area (Å²) < 4.78 is 21.9. The van der Waals surface area contributed by atoms with Crippen LogP contribution in [-0.4, -0.2) is 35.6 Å². The second kappa shape index (κ2) is 8.43. The van der Waals surface area contributed by atoms with Crippen molar-refractivity contribution in [3.05, 3.63) is 54.1 Å². The van der Waals surface area contributed by atoms with E-state index in [0.29, 0.717) is 16.3 Å². The Morgan fingerprint density at radius 2 is 1.72 bits per heavy atom. The van der Waals surface area contributed by atoms with Gasteiger partial charge in [0.2, 0.25) is 0 Å². The Kier molecular flexibility index (Phi) is 6.30. The number of methoxy groups -OCH3 is 1. The van der Waals surface area contributed by atoms with Gasteiger partial charge in [0.05, 0.1) is 28.4 Å². The van der Waals surface area contributed by atoms with E-state index >= 15 is 0 Å². The Bertz CT molecular complexity index is 788. The number of ether oxygens (including phenoxy) is 2. The monoisotopic (exact) mass is 361 g/mol. The van der Waals surface area contributed by atoms with Crippen molar-refractivity contribution < 1.29 is 23.3 Å². The first-order valence-corrected chi connectivity index (χ1v) is 9.06. The lowest BCUT2D eigenvalue weighted by atomic mass is 10.2. The minimum Gasteiger partial charge on any atom is -0.497 e. The van der Waals surface area contributed by atoms with Crippen molar-refractivity contribution in [3.8, 4) is 5.75 Å². The third-order valence-corrected chi connectivity index (χ3v) is 4.40. The molecule has 132 valence electrons. The summed E-state index contributed by atoms with van der Waals surface area (Å²) in [6.45, 7) is 1.47. The summed E-state index contributed by atoms with van der Waals surface area (Å²) in [6.07, 6.45) is 0.472. The minimum absolute atomic E-state index is 0.187. The number of amides is 1. The highest BCUT2D eigenvalue weighted by Gasteiger charge is 2.21. The molecule has 0 saturated carbocycles. The van der Waals surface area contributed by atoms with Crippen molar-refractivity contribution >= 4 is 28.4 Å². The largest absolute Gasteiger partial charge is 0.497 e. The molecule has 2 atom stereocenters. The van der Waals surface area contributed by atoms with Crippen molar-refractivity contribution in [2.75, 3.05) is 18.7 Å². The molecule has 2 aromatic rings. The normalized spacial score (nSPS) is 12.8. The zero-order valence-electron chi connectivity index (χ0n) is 14.1. The number of carbonyl (C=O) groups is 2. The predicted molar refractivity (Wildman–Crippen MR) is 95.3 cm³/mol. The lowest BCUT2D eigenvalue weighted by Crippen LogP contribution is -2.30. The van der Waals surface area contributed by atoms with Crippen LogP contribution < -0.4 is 10.1 Å². The molecule has 1 N–H and O–H groups in total. The van der Waals surface area contributed by atoms with E-state index in [2.05, 4.69) is 5.32 Å². The van der Waals surface area contributed by atoms with E-state index in [1.54, 1.807) is 49.6 Å². The second-order valence-electron chi connectivity index (χ2n) is 5.22. The molecular weight excluding hydrogens is 342 g/mol. The standard InChI is InChI=1S/C18H19NO5S/c1-12(17(20)19-13-8-10-14(23-2)11-9-13)24-18(21)15-6-4-5-7-16(15)25(3)22/h4-12H,1-3H3,(H,19,20)/t12-,25-/m0/s1. The highest BCUT2D eigenvalue weighted by molar-refractivity contribution is 7.84. The van der Waals surface area contributed by atoms with E-state index in [4.69, 9.17) is 9.47 Å². The van der Waals surface area contributed by atoms with Crippen molar-refractivity contribution in [3.63, 3.8) is 0 Å². The fourth-order valence-corrected chi connectivity index (χ4v) is 2.81. The number of carbonyl (C=O) groups excluding carboxylic acids is 2. The van der Waals surface area contributed by atoms with Crippen LogP contribution in [0.2, 0.25) is 0 Å². The van der Waals surface area contributed by atoms with Gasteiger partial charge in [-0.15, -0.1) is 0 Å². The van der Waals surface area contributed by atoms with Crippen LogP contribution in [0.3, 0.4) is 0 Å². The summed E-state index contributed by atoms with van der Waals surface area (Å²) in [7, 11) is 0.217. The number of hydrogen-bond acceptors (Lipinski definition) is 5. The number of esters is 1. The van der Waals surface area contributed by atoms with Crippen LogP contribution in [0.4, 0.5) is 5.69 Å². The number of hydrogen-bond donors (Lipinski definition) is 1. The molecule has 2 aromatic carbocycles. The molecule has 0 aliphatic carbocycles. The first-order chi connectivity index (χ1) is 11.9. The van der Waals surface area contributed by atoms with Gasteiger partial charge in [-0.1, -0.05) is 12.1 Å². The summed E-state index contributed by atoms with van der Waals surface area (Å²) >= 11 is 0. The average Bonchev–Trinajstić information content (AvgIpc) is 2.62. The van der Waals surface area contributed by atoms with E-state index in [1.165, 1.54) is 19.2 Å². The van der Waals surface area contributed by atoms with Crippen LogP contribution in [0.1, 0.15) is 17.3 Å². The summed E-state index contributed by atoms with van der Waals surface area (Å²) in [6, 6.07) is 13.2. The highest BCUT2D eigenvalue weighted by Crippen LogP contribution is 2.17. The average molecular weight is 361 g/mol. The first-order valence-electron chi connectivity index (χ1n) is 7.50. The molecule has 0 aliphatic rings. The number of benzene rings is 2. The van der Waals surface area contributed by atoms with Gasteiger partial charge >= 0.3 is 5.97 Å². The van der Waals surface area contributed by atoms with E-state index in [-0.39, 0.29) is 5.56 Å². The maximum atomic E-state index is 12.3. The summed E-state index contributed by atoms with van der Waals surface area (Å²) in [5.41, 5.74) is 0.746. The van der Waals surface area contributed by atoms with Gasteiger partial charge in [-0.3, -0.25) is 9.00 Å². The van der Waals surface area contributed by atoms with Crippen molar-refractivity contribution in [2.45, 2.75) is 17.9 Å². The van der Waals surface area contributed by atoms with Crippen molar-refractivity contribution in [2.24, 2.45) is 0 Å². The Balaban J connectivity index is 2.03. The van der Waals surface area contributed by atoms with E-state index in [9.17, 15) is 13.8 Å². The Labute approximate surface area is 148 Å². The summed E-state index contributed by atoms with van der Waals surface area (Å²) in [4.78, 5) is 24.8. The fourth-order valence-electron chi connectivity index (χ4n) is 2.08. The zero-order valence-corrected chi connectivity index (χ0v) is 15.0. The molecule has 6 nitrogen and oxygen atoms in total. The van der Waals surface area contributed by atoms with Gasteiger partial charge < -0.3 is 14.8 Å². The topological polar surface area (TPSA) is 81.7 Å².